The summed E-state index contributed by atoms with van der Waals surface area (Å²) < 4.78 is 10.8. The Labute approximate surface area is 85.5 Å². The zero-order chi connectivity index (χ0) is 10.7. The maximum Gasteiger partial charge on any atom is 0.300 e. The molecule has 0 rings (SSSR count). The van der Waals surface area contributed by atoms with Crippen molar-refractivity contribution in [1.82, 2.24) is 0 Å². The molecule has 0 aromatic rings. The van der Waals surface area contributed by atoms with Crippen LogP contribution in [0.25, 0.3) is 0 Å². The lowest BCUT2D eigenvalue weighted by molar-refractivity contribution is -0.134. The fourth-order valence-corrected chi connectivity index (χ4v) is 2.13. The highest BCUT2D eigenvalue weighted by molar-refractivity contribution is 8.72. The van der Waals surface area contributed by atoms with E-state index in [-0.39, 0.29) is 0 Å². The molecule has 0 heterocycles. The Morgan fingerprint density at radius 3 is 2.38 bits per heavy atom. The third kappa shape index (κ3) is 24.5. The molecule has 0 saturated heterocycles. The van der Waals surface area contributed by atoms with E-state index in [1.165, 1.54) is 10.8 Å². The van der Waals surface area contributed by atoms with E-state index in [1.807, 2.05) is 0 Å². The quantitative estimate of drug-likeness (QED) is 0.438. The van der Waals surface area contributed by atoms with Gasteiger partial charge in [0.05, 0.1) is 16.5 Å². The van der Waals surface area contributed by atoms with Crippen molar-refractivity contribution in [1.29, 1.82) is 0 Å². The molecule has 5 heteroatoms. The molecule has 0 radical (unpaired) electrons. The van der Waals surface area contributed by atoms with Gasteiger partial charge in [0.25, 0.3) is 5.97 Å². The first-order valence-corrected chi connectivity index (χ1v) is 6.29. The molecule has 0 aromatic carbocycles. The third-order valence-corrected chi connectivity index (χ3v) is 3.32. The number of carboxylic acid groups (broad SMARTS) is 1. The highest BCUT2D eigenvalue weighted by Crippen LogP contribution is 2.12. The van der Waals surface area contributed by atoms with E-state index in [0.29, 0.717) is 5.75 Å². The predicted molar refractivity (Wildman–Crippen MR) is 59.2 cm³/mol. The van der Waals surface area contributed by atoms with Gasteiger partial charge < -0.3 is 9.66 Å². The number of aliphatic carboxylic acids is 1. The first kappa shape index (κ1) is 15.1. The van der Waals surface area contributed by atoms with E-state index < -0.39 is 16.2 Å². The van der Waals surface area contributed by atoms with Crippen molar-refractivity contribution in [3.63, 3.8) is 0 Å². The van der Waals surface area contributed by atoms with Crippen molar-refractivity contribution in [3.05, 3.63) is 25.3 Å². The molecule has 1 unspecified atom stereocenters. The topological polar surface area (TPSA) is 60.4 Å². The number of hydrogen-bond acceptors (Lipinski definition) is 3. The average Bonchev–Trinajstić information content (AvgIpc) is 2.00. The number of rotatable bonds is 5. The van der Waals surface area contributed by atoms with E-state index in [9.17, 15) is 4.55 Å². The summed E-state index contributed by atoms with van der Waals surface area (Å²) >= 11 is 0. The van der Waals surface area contributed by atoms with Gasteiger partial charge in [0.15, 0.2) is 0 Å². The monoisotopic (exact) mass is 222 g/mol. The molecule has 0 aliphatic carbocycles. The summed E-state index contributed by atoms with van der Waals surface area (Å²) in [5.41, 5.74) is 0. The molecule has 1 N–H and O–H groups in total. The Balaban J connectivity index is 0. The van der Waals surface area contributed by atoms with Gasteiger partial charge in [0, 0.05) is 17.1 Å². The SMILES string of the molecule is C=CCS[S+]([O-])CC=C.CC(=O)O. The highest BCUT2D eigenvalue weighted by atomic mass is 33.1. The van der Waals surface area contributed by atoms with Gasteiger partial charge in [-0.05, 0) is 6.08 Å². The minimum atomic E-state index is -0.833. The molecular formula is C8H14O3S2. The normalized spacial score (nSPS) is 10.6. The molecule has 0 amide bonds. The molecule has 1 atom stereocenters. The minimum Gasteiger partial charge on any atom is -0.605 e. The van der Waals surface area contributed by atoms with Crippen LogP contribution >= 0.6 is 10.8 Å². The summed E-state index contributed by atoms with van der Waals surface area (Å²) in [6.45, 7) is 8.07. The zero-order valence-electron chi connectivity index (χ0n) is 7.56. The first-order valence-electron chi connectivity index (χ1n) is 3.47. The molecule has 0 saturated carbocycles. The lowest BCUT2D eigenvalue weighted by Crippen LogP contribution is -1.97. The second kappa shape index (κ2) is 11.6. The second-order valence-electron chi connectivity index (χ2n) is 1.85. The van der Waals surface area contributed by atoms with E-state index >= 15 is 0 Å². The maximum atomic E-state index is 10.8. The Hall–Kier alpha value is -0.390. The average molecular weight is 222 g/mol. The molecule has 3 nitrogen and oxygen atoms in total. The summed E-state index contributed by atoms with van der Waals surface area (Å²) in [6.07, 6.45) is 3.40. The Morgan fingerprint density at radius 2 is 2.08 bits per heavy atom. The Morgan fingerprint density at radius 1 is 1.62 bits per heavy atom. The van der Waals surface area contributed by atoms with Gasteiger partial charge >= 0.3 is 0 Å². The summed E-state index contributed by atoms with van der Waals surface area (Å²) in [4.78, 5) is 9.00. The fraction of sp³-hybridized carbons (Fsp3) is 0.375. The molecule has 0 aliphatic rings. The van der Waals surface area contributed by atoms with Crippen LogP contribution in [0.5, 0.6) is 0 Å². The van der Waals surface area contributed by atoms with Crippen LogP contribution in [0, 0.1) is 0 Å². The van der Waals surface area contributed by atoms with Crippen LogP contribution in [0.1, 0.15) is 6.92 Å². The summed E-state index contributed by atoms with van der Waals surface area (Å²) in [5.74, 6) is 0.485. The van der Waals surface area contributed by atoms with Crippen molar-refractivity contribution in [2.45, 2.75) is 6.92 Å². The van der Waals surface area contributed by atoms with E-state index in [1.54, 1.807) is 12.2 Å². The molecule has 0 bridgehead atoms. The predicted octanol–water partition coefficient (Wildman–Crippen LogP) is 1.85. The number of carboxylic acids is 1. The molecule has 13 heavy (non-hydrogen) atoms. The van der Waals surface area contributed by atoms with Gasteiger partial charge in [-0.1, -0.05) is 12.7 Å². The summed E-state index contributed by atoms with van der Waals surface area (Å²) in [5, 5.41) is 7.42. The van der Waals surface area contributed by atoms with Gasteiger partial charge in [-0.25, -0.2) is 0 Å². The number of carbonyl (C=O) groups is 1. The molecule has 0 aromatic heterocycles. The van der Waals surface area contributed by atoms with Crippen LogP contribution in [0.4, 0.5) is 0 Å². The first-order chi connectivity index (χ1) is 6.04. The molecule has 0 fully saturated rings. The van der Waals surface area contributed by atoms with Crippen molar-refractivity contribution in [2.24, 2.45) is 0 Å². The third-order valence-electron chi connectivity index (χ3n) is 0.571. The van der Waals surface area contributed by atoms with Crippen LogP contribution in [-0.2, 0) is 15.0 Å². The van der Waals surface area contributed by atoms with Crippen molar-refractivity contribution < 1.29 is 14.5 Å². The summed E-state index contributed by atoms with van der Waals surface area (Å²) in [6, 6.07) is 0. The van der Waals surface area contributed by atoms with Crippen LogP contribution in [0.15, 0.2) is 25.3 Å². The largest absolute Gasteiger partial charge is 0.605 e. The maximum absolute atomic E-state index is 10.8. The van der Waals surface area contributed by atoms with E-state index in [2.05, 4.69) is 13.2 Å². The van der Waals surface area contributed by atoms with Gasteiger partial charge in [0.1, 0.15) is 5.75 Å². The Bertz CT molecular complexity index is 155. The lowest BCUT2D eigenvalue weighted by Gasteiger charge is -2.02. The molecule has 0 aliphatic heterocycles. The minimum absolute atomic E-state index is 0.568. The van der Waals surface area contributed by atoms with Crippen LogP contribution in [0.2, 0.25) is 0 Å². The molecular weight excluding hydrogens is 208 g/mol. The van der Waals surface area contributed by atoms with Crippen molar-refractivity contribution >= 4 is 27.0 Å². The second-order valence-corrected chi connectivity index (χ2v) is 5.18. The van der Waals surface area contributed by atoms with Gasteiger partial charge in [0.2, 0.25) is 0 Å². The summed E-state index contributed by atoms with van der Waals surface area (Å²) in [7, 11) is 0.591. The zero-order valence-corrected chi connectivity index (χ0v) is 9.20. The van der Waals surface area contributed by atoms with Crippen molar-refractivity contribution in [2.75, 3.05) is 11.5 Å². The van der Waals surface area contributed by atoms with Crippen LogP contribution in [0.3, 0.4) is 0 Å². The lowest BCUT2D eigenvalue weighted by atomic mass is 10.8. The smallest absolute Gasteiger partial charge is 0.300 e. The van der Waals surface area contributed by atoms with Gasteiger partial charge in [-0.3, -0.25) is 4.79 Å². The van der Waals surface area contributed by atoms with Gasteiger partial charge in [-0.15, -0.1) is 6.58 Å². The molecule has 76 valence electrons. The standard InChI is InChI=1S/C6H10OS2.C2H4O2/c1-3-5-8-9(7)6-4-2;1-2(3)4/h3-4H,1-2,5-6H2;1H3,(H,3,4). The van der Waals surface area contributed by atoms with Gasteiger partial charge in [-0.2, -0.15) is 0 Å². The van der Waals surface area contributed by atoms with Crippen LogP contribution < -0.4 is 0 Å². The fourth-order valence-electron chi connectivity index (χ4n) is 0.268. The Kier molecular flexibility index (Phi) is 13.5. The highest BCUT2D eigenvalue weighted by Gasteiger charge is 2.01. The van der Waals surface area contributed by atoms with Crippen molar-refractivity contribution in [3.8, 4) is 0 Å². The van der Waals surface area contributed by atoms with E-state index in [0.717, 1.165) is 12.7 Å². The van der Waals surface area contributed by atoms with E-state index in [4.69, 9.17) is 9.90 Å². The molecule has 0 spiro atoms. The van der Waals surface area contributed by atoms with Crippen LogP contribution in [-0.4, -0.2) is 27.1 Å². The number of hydrogen-bond donors (Lipinski definition) is 1.